The second-order valence-electron chi connectivity index (χ2n) is 4.78. The van der Waals surface area contributed by atoms with Crippen molar-refractivity contribution in [2.75, 3.05) is 5.32 Å². The number of amides is 1. The summed E-state index contributed by atoms with van der Waals surface area (Å²) in [4.78, 5) is 23.7. The summed E-state index contributed by atoms with van der Waals surface area (Å²) in [5.74, 6) is -0.247. The van der Waals surface area contributed by atoms with Crippen LogP contribution >= 0.6 is 0 Å². The highest BCUT2D eigenvalue weighted by Gasteiger charge is 2.14. The number of Topliss-reactive ketones (excluding diaryl/α,β-unsaturated/α-hetero) is 1. The molecule has 0 bridgehead atoms. The van der Waals surface area contributed by atoms with E-state index in [0.29, 0.717) is 23.5 Å². The van der Waals surface area contributed by atoms with E-state index in [-0.39, 0.29) is 11.7 Å². The zero-order valence-electron chi connectivity index (χ0n) is 12.5. The second-order valence-corrected chi connectivity index (χ2v) is 4.78. The van der Waals surface area contributed by atoms with E-state index >= 15 is 0 Å². The van der Waals surface area contributed by atoms with Crippen molar-refractivity contribution >= 4 is 17.4 Å². The molecule has 0 aliphatic rings. The molecule has 1 N–H and O–H groups in total. The topological polar surface area (TPSA) is 64.0 Å². The average Bonchev–Trinajstić information content (AvgIpc) is 2.91. The lowest BCUT2D eigenvalue weighted by atomic mass is 10.1. The van der Waals surface area contributed by atoms with Crippen LogP contribution in [0.1, 0.15) is 47.3 Å². The van der Waals surface area contributed by atoms with Gasteiger partial charge in [-0.25, -0.2) is 0 Å². The van der Waals surface area contributed by atoms with Crippen LogP contribution in [-0.4, -0.2) is 21.5 Å². The molecule has 0 saturated carbocycles. The van der Waals surface area contributed by atoms with E-state index in [1.807, 2.05) is 13.8 Å². The molecule has 5 nitrogen and oxygen atoms in total. The minimum absolute atomic E-state index is 0.0297. The fourth-order valence-electron chi connectivity index (χ4n) is 2.08. The molecule has 0 atom stereocenters. The number of carbonyl (C=O) groups excluding carboxylic acids is 2. The van der Waals surface area contributed by atoms with Crippen molar-refractivity contribution in [3.63, 3.8) is 0 Å². The van der Waals surface area contributed by atoms with Crippen molar-refractivity contribution in [2.24, 2.45) is 0 Å². The van der Waals surface area contributed by atoms with Gasteiger partial charge in [0.05, 0.1) is 5.69 Å². The third-order valence-electron chi connectivity index (χ3n) is 3.25. The van der Waals surface area contributed by atoms with Crippen LogP contribution in [0.2, 0.25) is 0 Å². The zero-order chi connectivity index (χ0) is 15.4. The maximum Gasteiger partial charge on any atom is 0.273 e. The first kappa shape index (κ1) is 15.0. The second kappa shape index (κ2) is 6.35. The Morgan fingerprint density at radius 1 is 1.24 bits per heavy atom. The van der Waals surface area contributed by atoms with Crippen molar-refractivity contribution in [3.05, 3.63) is 47.3 Å². The summed E-state index contributed by atoms with van der Waals surface area (Å²) in [5.41, 5.74) is 2.60. The smallest absolute Gasteiger partial charge is 0.273 e. The lowest BCUT2D eigenvalue weighted by molar-refractivity contribution is 0.100. The quantitative estimate of drug-likeness (QED) is 0.859. The highest BCUT2D eigenvalue weighted by atomic mass is 16.2. The molecule has 110 valence electrons. The van der Waals surface area contributed by atoms with E-state index in [0.717, 1.165) is 12.1 Å². The van der Waals surface area contributed by atoms with Crippen LogP contribution < -0.4 is 5.32 Å². The van der Waals surface area contributed by atoms with Gasteiger partial charge in [-0.15, -0.1) is 0 Å². The lowest BCUT2D eigenvalue weighted by Gasteiger charge is -2.07. The standard InChI is InChI=1S/C16H19N3O2/c1-4-13-10-15(19(5-2)18-13)16(21)17-14-8-6-7-12(9-14)11(3)20/h6-10H,4-5H2,1-3H3,(H,17,21). The van der Waals surface area contributed by atoms with Crippen LogP contribution in [0.3, 0.4) is 0 Å². The Labute approximate surface area is 124 Å². The molecule has 2 rings (SSSR count). The van der Waals surface area contributed by atoms with Crippen LogP contribution in [0.25, 0.3) is 0 Å². The number of hydrogen-bond acceptors (Lipinski definition) is 3. The monoisotopic (exact) mass is 285 g/mol. The van der Waals surface area contributed by atoms with E-state index in [1.165, 1.54) is 6.92 Å². The molecule has 1 heterocycles. The van der Waals surface area contributed by atoms with Crippen molar-refractivity contribution in [1.82, 2.24) is 9.78 Å². The average molecular weight is 285 g/mol. The van der Waals surface area contributed by atoms with Gasteiger partial charge in [0.1, 0.15) is 5.69 Å². The van der Waals surface area contributed by atoms with Gasteiger partial charge in [-0.3, -0.25) is 14.3 Å². The van der Waals surface area contributed by atoms with Crippen LogP contribution in [-0.2, 0) is 13.0 Å². The van der Waals surface area contributed by atoms with Gasteiger partial charge >= 0.3 is 0 Å². The minimum Gasteiger partial charge on any atom is -0.321 e. The SMILES string of the molecule is CCc1cc(C(=O)Nc2cccc(C(C)=O)c2)n(CC)n1. The summed E-state index contributed by atoms with van der Waals surface area (Å²) in [7, 11) is 0. The van der Waals surface area contributed by atoms with Crippen molar-refractivity contribution in [2.45, 2.75) is 33.7 Å². The van der Waals surface area contributed by atoms with E-state index in [1.54, 1.807) is 35.0 Å². The normalized spacial score (nSPS) is 10.4. The summed E-state index contributed by atoms with van der Waals surface area (Å²) in [6.07, 6.45) is 0.785. The minimum atomic E-state index is -0.218. The Kier molecular flexibility index (Phi) is 4.52. The molecule has 1 aromatic carbocycles. The van der Waals surface area contributed by atoms with Gasteiger partial charge in [0.15, 0.2) is 5.78 Å². The summed E-state index contributed by atoms with van der Waals surface area (Å²) < 4.78 is 1.68. The molecule has 1 aromatic heterocycles. The number of aromatic nitrogens is 2. The largest absolute Gasteiger partial charge is 0.321 e. The predicted molar refractivity (Wildman–Crippen MR) is 81.7 cm³/mol. The van der Waals surface area contributed by atoms with E-state index in [9.17, 15) is 9.59 Å². The van der Waals surface area contributed by atoms with Gasteiger partial charge in [-0.1, -0.05) is 19.1 Å². The molecule has 0 radical (unpaired) electrons. The molecule has 0 unspecified atom stereocenters. The number of nitrogens with one attached hydrogen (secondary N) is 1. The van der Waals surface area contributed by atoms with Crippen LogP contribution in [0.15, 0.2) is 30.3 Å². The van der Waals surface area contributed by atoms with Gasteiger partial charge in [-0.2, -0.15) is 5.10 Å². The number of nitrogens with zero attached hydrogens (tertiary/aromatic N) is 2. The third-order valence-corrected chi connectivity index (χ3v) is 3.25. The number of aryl methyl sites for hydroxylation is 2. The predicted octanol–water partition coefficient (Wildman–Crippen LogP) is 2.92. The van der Waals surface area contributed by atoms with Crippen LogP contribution in [0, 0.1) is 0 Å². The lowest BCUT2D eigenvalue weighted by Crippen LogP contribution is -2.17. The van der Waals surface area contributed by atoms with Crippen molar-refractivity contribution in [1.29, 1.82) is 0 Å². The number of carbonyl (C=O) groups is 2. The number of ketones is 1. The Morgan fingerprint density at radius 2 is 2.00 bits per heavy atom. The Morgan fingerprint density at radius 3 is 2.62 bits per heavy atom. The number of benzene rings is 1. The highest BCUT2D eigenvalue weighted by Crippen LogP contribution is 2.14. The number of rotatable bonds is 5. The Balaban J connectivity index is 2.23. The first-order valence-electron chi connectivity index (χ1n) is 7.04. The first-order valence-corrected chi connectivity index (χ1v) is 7.04. The summed E-state index contributed by atoms with van der Waals surface area (Å²) >= 11 is 0. The first-order chi connectivity index (χ1) is 10.0. The molecule has 21 heavy (non-hydrogen) atoms. The maximum atomic E-state index is 12.3. The highest BCUT2D eigenvalue weighted by molar-refractivity contribution is 6.04. The summed E-state index contributed by atoms with van der Waals surface area (Å²) in [6.45, 7) is 6.08. The molecule has 0 aliphatic heterocycles. The fourth-order valence-corrected chi connectivity index (χ4v) is 2.08. The molecule has 0 saturated heterocycles. The number of anilines is 1. The molecule has 0 aliphatic carbocycles. The molecule has 0 spiro atoms. The Bertz CT molecular complexity index is 674. The molecule has 5 heteroatoms. The van der Waals surface area contributed by atoms with Gasteiger partial charge < -0.3 is 5.32 Å². The molecule has 2 aromatic rings. The molecular formula is C16H19N3O2. The fraction of sp³-hybridized carbons (Fsp3) is 0.312. The molecule has 1 amide bonds. The van der Waals surface area contributed by atoms with E-state index in [4.69, 9.17) is 0 Å². The maximum absolute atomic E-state index is 12.3. The van der Waals surface area contributed by atoms with Gasteiger partial charge in [0.2, 0.25) is 0 Å². The third kappa shape index (κ3) is 3.37. The Hall–Kier alpha value is -2.43. The number of hydrogen-bond donors (Lipinski definition) is 1. The summed E-state index contributed by atoms with van der Waals surface area (Å²) in [6, 6.07) is 8.71. The van der Waals surface area contributed by atoms with Crippen LogP contribution in [0.5, 0.6) is 0 Å². The van der Waals surface area contributed by atoms with Crippen molar-refractivity contribution in [3.8, 4) is 0 Å². The molecule has 0 fully saturated rings. The van der Waals surface area contributed by atoms with Crippen molar-refractivity contribution < 1.29 is 9.59 Å². The van der Waals surface area contributed by atoms with E-state index < -0.39 is 0 Å². The zero-order valence-corrected chi connectivity index (χ0v) is 12.5. The van der Waals surface area contributed by atoms with Gasteiger partial charge in [0, 0.05) is 17.8 Å². The summed E-state index contributed by atoms with van der Waals surface area (Å²) in [5, 5.41) is 7.17. The van der Waals surface area contributed by atoms with E-state index in [2.05, 4.69) is 10.4 Å². The van der Waals surface area contributed by atoms with Gasteiger partial charge in [0.25, 0.3) is 5.91 Å². The van der Waals surface area contributed by atoms with Crippen LogP contribution in [0.4, 0.5) is 5.69 Å². The van der Waals surface area contributed by atoms with Gasteiger partial charge in [-0.05, 0) is 38.5 Å². The molecular weight excluding hydrogens is 266 g/mol.